The van der Waals surface area contributed by atoms with Crippen molar-refractivity contribution in [1.82, 2.24) is 9.47 Å². The van der Waals surface area contributed by atoms with Crippen LogP contribution in [0.3, 0.4) is 0 Å². The molecule has 0 unspecified atom stereocenters. The van der Waals surface area contributed by atoms with Gasteiger partial charge in [-0.3, -0.25) is 4.79 Å². The average molecular weight is 384 g/mol. The molecule has 6 nitrogen and oxygen atoms in total. The van der Waals surface area contributed by atoms with Crippen molar-refractivity contribution in [1.29, 1.82) is 0 Å². The summed E-state index contributed by atoms with van der Waals surface area (Å²) in [4.78, 5) is 25.9. The number of likely N-dealkylation sites (tertiary alicyclic amines) is 1. The van der Waals surface area contributed by atoms with E-state index in [-0.39, 0.29) is 31.8 Å². The molecule has 2 heterocycles. The maximum absolute atomic E-state index is 13.1. The lowest BCUT2D eigenvalue weighted by Crippen LogP contribution is -2.50. The second-order valence-electron chi connectivity index (χ2n) is 8.00. The third-order valence-electron chi connectivity index (χ3n) is 5.73. The van der Waals surface area contributed by atoms with Crippen molar-refractivity contribution in [3.05, 3.63) is 52.8 Å². The second kappa shape index (κ2) is 7.43. The summed E-state index contributed by atoms with van der Waals surface area (Å²) in [5, 5.41) is 19.3. The van der Waals surface area contributed by atoms with Crippen molar-refractivity contribution in [2.24, 2.45) is 0 Å². The van der Waals surface area contributed by atoms with Crippen molar-refractivity contribution in [2.45, 2.75) is 52.1 Å². The highest BCUT2D eigenvalue weighted by Crippen LogP contribution is 2.27. The highest BCUT2D eigenvalue weighted by molar-refractivity contribution is 5.96. The minimum Gasteiger partial charge on any atom is -0.479 e. The van der Waals surface area contributed by atoms with Crippen LogP contribution in [0.1, 0.15) is 59.9 Å². The number of aliphatic carboxylic acids is 1. The van der Waals surface area contributed by atoms with E-state index < -0.39 is 11.6 Å². The first-order valence-corrected chi connectivity index (χ1v) is 9.68. The van der Waals surface area contributed by atoms with E-state index in [2.05, 4.69) is 30.5 Å². The molecule has 0 atom stereocenters. The highest BCUT2D eigenvalue weighted by atomic mass is 16.4. The van der Waals surface area contributed by atoms with Gasteiger partial charge in [-0.2, -0.15) is 0 Å². The fourth-order valence-electron chi connectivity index (χ4n) is 3.86. The Balaban J connectivity index is 1.87. The van der Waals surface area contributed by atoms with Gasteiger partial charge in [0.05, 0.1) is 5.56 Å². The first kappa shape index (κ1) is 20.1. The predicted molar refractivity (Wildman–Crippen MR) is 107 cm³/mol. The molecule has 1 aromatic carbocycles. The predicted octanol–water partition coefficient (Wildman–Crippen LogP) is 3.27. The van der Waals surface area contributed by atoms with Gasteiger partial charge in [0, 0.05) is 43.0 Å². The zero-order valence-corrected chi connectivity index (χ0v) is 16.9. The number of carbonyl (C=O) groups is 2. The van der Waals surface area contributed by atoms with Crippen LogP contribution in [0.25, 0.3) is 5.69 Å². The van der Waals surface area contributed by atoms with Crippen LogP contribution in [0.4, 0.5) is 0 Å². The Morgan fingerprint density at radius 3 is 2.32 bits per heavy atom. The van der Waals surface area contributed by atoms with Crippen molar-refractivity contribution in [3.63, 3.8) is 0 Å². The number of benzene rings is 1. The van der Waals surface area contributed by atoms with Crippen LogP contribution < -0.4 is 0 Å². The molecular formula is C22H28N2O4. The van der Waals surface area contributed by atoms with Gasteiger partial charge in [-0.25, -0.2) is 4.79 Å². The Morgan fingerprint density at radius 1 is 1.11 bits per heavy atom. The monoisotopic (exact) mass is 384 g/mol. The molecule has 1 aromatic heterocycles. The molecule has 1 fully saturated rings. The summed E-state index contributed by atoms with van der Waals surface area (Å²) in [6.45, 7) is 8.67. The number of carbonyl (C=O) groups excluding carboxylic acids is 1. The van der Waals surface area contributed by atoms with Gasteiger partial charge in [0.15, 0.2) is 5.60 Å². The molecule has 6 heteroatoms. The van der Waals surface area contributed by atoms with Crippen molar-refractivity contribution < 1.29 is 19.8 Å². The number of amides is 1. The molecule has 0 spiro atoms. The summed E-state index contributed by atoms with van der Waals surface area (Å²) in [6.07, 6.45) is 0.0898. The molecule has 150 valence electrons. The normalized spacial score (nSPS) is 16.4. The SMILES string of the molecule is Cc1cc(C(=O)N2CCC(O)(C(=O)O)CC2)c(C)n1-c1cccc(C(C)C)c1. The number of carboxylic acids is 1. The average Bonchev–Trinajstić information content (AvgIpc) is 2.96. The Hall–Kier alpha value is -2.60. The van der Waals surface area contributed by atoms with E-state index in [1.807, 2.05) is 32.0 Å². The zero-order valence-electron chi connectivity index (χ0n) is 16.9. The third-order valence-corrected chi connectivity index (χ3v) is 5.73. The number of hydrogen-bond acceptors (Lipinski definition) is 3. The standard InChI is InChI=1S/C22H28N2O4/c1-14(2)17-6-5-7-18(13-17)24-15(3)12-19(16(24)4)20(25)23-10-8-22(28,9-11-23)21(26)27/h5-7,12-14,28H,8-11H2,1-4H3,(H,26,27). The molecular weight excluding hydrogens is 356 g/mol. The number of aliphatic hydroxyl groups is 1. The van der Waals surface area contributed by atoms with Crippen LogP contribution in [-0.2, 0) is 4.79 Å². The Kier molecular flexibility index (Phi) is 5.35. The summed E-state index contributed by atoms with van der Waals surface area (Å²) in [5.41, 5.74) is 2.99. The van der Waals surface area contributed by atoms with Gasteiger partial charge in [-0.15, -0.1) is 0 Å². The van der Waals surface area contributed by atoms with E-state index in [4.69, 9.17) is 5.11 Å². The van der Waals surface area contributed by atoms with Crippen LogP contribution >= 0.6 is 0 Å². The minimum atomic E-state index is -1.73. The van der Waals surface area contributed by atoms with Crippen LogP contribution in [0, 0.1) is 13.8 Å². The molecule has 3 rings (SSSR count). The number of rotatable bonds is 4. The molecule has 1 saturated heterocycles. The van der Waals surface area contributed by atoms with Gasteiger partial charge in [0.2, 0.25) is 0 Å². The molecule has 0 bridgehead atoms. The Labute approximate surface area is 165 Å². The van der Waals surface area contributed by atoms with Gasteiger partial charge in [-0.05, 0) is 43.5 Å². The van der Waals surface area contributed by atoms with Crippen LogP contribution in [0.2, 0.25) is 0 Å². The van der Waals surface area contributed by atoms with Crippen molar-refractivity contribution >= 4 is 11.9 Å². The number of aromatic nitrogens is 1. The first-order chi connectivity index (χ1) is 13.1. The third kappa shape index (κ3) is 3.56. The lowest BCUT2D eigenvalue weighted by Gasteiger charge is -2.35. The fraction of sp³-hybridized carbons (Fsp3) is 0.455. The topological polar surface area (TPSA) is 82.8 Å². The summed E-state index contributed by atoms with van der Waals surface area (Å²) in [7, 11) is 0. The van der Waals surface area contributed by atoms with E-state index in [9.17, 15) is 14.7 Å². The van der Waals surface area contributed by atoms with Crippen LogP contribution in [0.15, 0.2) is 30.3 Å². The summed E-state index contributed by atoms with van der Waals surface area (Å²) >= 11 is 0. The lowest BCUT2D eigenvalue weighted by molar-refractivity contribution is -0.162. The van der Waals surface area contributed by atoms with E-state index in [1.54, 1.807) is 4.90 Å². The molecule has 28 heavy (non-hydrogen) atoms. The van der Waals surface area contributed by atoms with Gasteiger partial charge < -0.3 is 19.7 Å². The van der Waals surface area contributed by atoms with Crippen LogP contribution in [0.5, 0.6) is 0 Å². The summed E-state index contributed by atoms with van der Waals surface area (Å²) in [6, 6.07) is 10.2. The molecule has 2 N–H and O–H groups in total. The number of piperidine rings is 1. The molecule has 1 aliphatic rings. The maximum atomic E-state index is 13.1. The molecule has 0 saturated carbocycles. The quantitative estimate of drug-likeness (QED) is 0.848. The Bertz CT molecular complexity index is 905. The van der Waals surface area contributed by atoms with Gasteiger partial charge >= 0.3 is 5.97 Å². The first-order valence-electron chi connectivity index (χ1n) is 9.68. The van der Waals surface area contributed by atoms with Gasteiger partial charge in [0.1, 0.15) is 0 Å². The largest absolute Gasteiger partial charge is 0.479 e. The second-order valence-corrected chi connectivity index (χ2v) is 8.00. The highest BCUT2D eigenvalue weighted by Gasteiger charge is 2.40. The molecule has 2 aromatic rings. The fourth-order valence-corrected chi connectivity index (χ4v) is 3.86. The molecule has 1 amide bonds. The minimum absolute atomic E-state index is 0.0449. The molecule has 1 aliphatic heterocycles. The summed E-state index contributed by atoms with van der Waals surface area (Å²) in [5.74, 6) is -0.923. The molecule has 0 radical (unpaired) electrons. The maximum Gasteiger partial charge on any atom is 0.335 e. The van der Waals surface area contributed by atoms with Crippen molar-refractivity contribution in [3.8, 4) is 5.69 Å². The van der Waals surface area contributed by atoms with E-state index in [0.717, 1.165) is 17.1 Å². The van der Waals surface area contributed by atoms with E-state index in [1.165, 1.54) is 5.56 Å². The molecule has 0 aliphatic carbocycles. The Morgan fingerprint density at radius 2 is 1.75 bits per heavy atom. The number of hydrogen-bond donors (Lipinski definition) is 2. The van der Waals surface area contributed by atoms with Gasteiger partial charge in [-0.1, -0.05) is 26.0 Å². The van der Waals surface area contributed by atoms with E-state index >= 15 is 0 Å². The van der Waals surface area contributed by atoms with Crippen molar-refractivity contribution in [2.75, 3.05) is 13.1 Å². The smallest absolute Gasteiger partial charge is 0.335 e. The van der Waals surface area contributed by atoms with Gasteiger partial charge in [0.25, 0.3) is 5.91 Å². The number of carboxylic acid groups (broad SMARTS) is 1. The van der Waals surface area contributed by atoms with Crippen LogP contribution in [-0.4, -0.2) is 50.2 Å². The lowest BCUT2D eigenvalue weighted by atomic mass is 9.91. The summed E-state index contributed by atoms with van der Waals surface area (Å²) < 4.78 is 2.08. The zero-order chi connectivity index (χ0) is 20.6. The number of aryl methyl sites for hydroxylation is 1. The number of nitrogens with zero attached hydrogens (tertiary/aromatic N) is 2. The van der Waals surface area contributed by atoms with E-state index in [0.29, 0.717) is 11.5 Å².